The Morgan fingerprint density at radius 1 is 1.57 bits per heavy atom. The van der Waals surface area contributed by atoms with E-state index in [9.17, 15) is 5.11 Å². The summed E-state index contributed by atoms with van der Waals surface area (Å²) in [5, 5.41) is 12.9. The first-order valence-electron chi connectivity index (χ1n) is 4.64. The van der Waals surface area contributed by atoms with Crippen molar-refractivity contribution in [2.45, 2.75) is 32.4 Å². The van der Waals surface area contributed by atoms with Crippen LogP contribution in [-0.4, -0.2) is 22.2 Å². The third kappa shape index (κ3) is 3.94. The zero-order valence-electron chi connectivity index (χ0n) is 8.37. The molecule has 1 rings (SSSR count). The summed E-state index contributed by atoms with van der Waals surface area (Å²) in [5.41, 5.74) is 0.929. The maximum absolute atomic E-state index is 9.18. The maximum Gasteiger partial charge on any atom is 0.131 e. The molecule has 0 aliphatic heterocycles. The number of aromatic nitrogens is 1. The van der Waals surface area contributed by atoms with Crippen LogP contribution < -0.4 is 5.32 Å². The highest BCUT2D eigenvalue weighted by molar-refractivity contribution is 6.29. The second-order valence-corrected chi connectivity index (χ2v) is 3.88. The number of anilines is 1. The normalized spacial score (nSPS) is 14.9. The number of nitrogens with zero attached hydrogens (tertiary/aromatic N) is 1. The predicted molar refractivity (Wildman–Crippen MR) is 58.6 cm³/mol. The van der Waals surface area contributed by atoms with Gasteiger partial charge in [-0.3, -0.25) is 0 Å². The third-order valence-electron chi connectivity index (χ3n) is 1.83. The van der Waals surface area contributed by atoms with Gasteiger partial charge >= 0.3 is 0 Å². The number of hydrogen-bond donors (Lipinski definition) is 2. The average molecular weight is 215 g/mol. The number of aliphatic hydroxyl groups is 1. The number of rotatable bonds is 4. The van der Waals surface area contributed by atoms with Crippen LogP contribution >= 0.6 is 11.6 Å². The van der Waals surface area contributed by atoms with E-state index in [2.05, 4.69) is 10.3 Å². The summed E-state index contributed by atoms with van der Waals surface area (Å²) in [6, 6.07) is 3.83. The molecule has 0 fully saturated rings. The van der Waals surface area contributed by atoms with Crippen LogP contribution in [0.25, 0.3) is 0 Å². The fraction of sp³-hybridized carbons (Fsp3) is 0.500. The zero-order valence-corrected chi connectivity index (χ0v) is 9.12. The first-order valence-corrected chi connectivity index (χ1v) is 5.02. The van der Waals surface area contributed by atoms with E-state index in [0.717, 1.165) is 5.69 Å². The highest BCUT2D eigenvalue weighted by atomic mass is 35.5. The molecule has 0 radical (unpaired) electrons. The molecular weight excluding hydrogens is 200 g/mol. The number of halogens is 1. The van der Waals surface area contributed by atoms with Gasteiger partial charge in [0.25, 0.3) is 0 Å². The average Bonchev–Trinajstić information content (AvgIpc) is 2.01. The molecule has 2 N–H and O–H groups in total. The van der Waals surface area contributed by atoms with E-state index in [1.165, 1.54) is 0 Å². The minimum Gasteiger partial charge on any atom is -0.393 e. The van der Waals surface area contributed by atoms with Crippen LogP contribution in [0, 0.1) is 0 Å². The molecule has 0 aromatic carbocycles. The Labute approximate surface area is 89.1 Å². The monoisotopic (exact) mass is 214 g/mol. The van der Waals surface area contributed by atoms with Gasteiger partial charge in [-0.2, -0.15) is 0 Å². The van der Waals surface area contributed by atoms with E-state index in [1.807, 2.05) is 13.0 Å². The number of pyridine rings is 1. The number of nitrogens with one attached hydrogen (secondary N) is 1. The molecule has 3 nitrogen and oxygen atoms in total. The van der Waals surface area contributed by atoms with Crippen LogP contribution in [0.1, 0.15) is 20.3 Å². The molecule has 78 valence electrons. The largest absolute Gasteiger partial charge is 0.393 e. The third-order valence-corrected chi connectivity index (χ3v) is 2.04. The molecule has 1 aromatic rings. The predicted octanol–water partition coefficient (Wildman–Crippen LogP) is 2.31. The molecule has 1 aromatic heterocycles. The first kappa shape index (κ1) is 11.3. The van der Waals surface area contributed by atoms with Crippen LogP contribution in [0.2, 0.25) is 5.15 Å². The summed E-state index contributed by atoms with van der Waals surface area (Å²) in [7, 11) is 0. The lowest BCUT2D eigenvalue weighted by atomic mass is 10.1. The van der Waals surface area contributed by atoms with Gasteiger partial charge in [-0.05, 0) is 32.4 Å². The van der Waals surface area contributed by atoms with Gasteiger partial charge in [0.05, 0.1) is 6.10 Å². The van der Waals surface area contributed by atoms with Crippen LogP contribution in [-0.2, 0) is 0 Å². The van der Waals surface area contributed by atoms with Gasteiger partial charge < -0.3 is 10.4 Å². The Kier molecular flexibility index (Phi) is 4.17. The van der Waals surface area contributed by atoms with Gasteiger partial charge in [-0.25, -0.2) is 4.98 Å². The molecular formula is C10H15ClN2O. The number of hydrogen-bond acceptors (Lipinski definition) is 3. The van der Waals surface area contributed by atoms with Crippen LogP contribution in [0.4, 0.5) is 5.69 Å². The van der Waals surface area contributed by atoms with E-state index in [0.29, 0.717) is 11.6 Å². The van der Waals surface area contributed by atoms with Gasteiger partial charge in [0.15, 0.2) is 0 Å². The molecule has 1 heterocycles. The van der Waals surface area contributed by atoms with E-state index >= 15 is 0 Å². The van der Waals surface area contributed by atoms with Crippen molar-refractivity contribution in [1.82, 2.24) is 4.98 Å². The van der Waals surface area contributed by atoms with Crippen molar-refractivity contribution >= 4 is 17.3 Å². The quantitative estimate of drug-likeness (QED) is 0.757. The Balaban J connectivity index is 2.51. The van der Waals surface area contributed by atoms with Crippen molar-refractivity contribution in [2.24, 2.45) is 0 Å². The Bertz CT molecular complexity index is 291. The SMILES string of the molecule is CC(O)CC(C)Nc1ccnc(Cl)c1. The van der Waals surface area contributed by atoms with Crippen molar-refractivity contribution in [2.75, 3.05) is 5.32 Å². The van der Waals surface area contributed by atoms with Crippen molar-refractivity contribution in [3.05, 3.63) is 23.5 Å². The molecule has 0 spiro atoms. The smallest absolute Gasteiger partial charge is 0.131 e. The van der Waals surface area contributed by atoms with E-state index in [4.69, 9.17) is 11.6 Å². The fourth-order valence-corrected chi connectivity index (χ4v) is 1.52. The molecule has 4 heteroatoms. The van der Waals surface area contributed by atoms with E-state index in [1.54, 1.807) is 19.2 Å². The Hall–Kier alpha value is -0.800. The van der Waals surface area contributed by atoms with E-state index in [-0.39, 0.29) is 12.1 Å². The van der Waals surface area contributed by atoms with Gasteiger partial charge in [0.2, 0.25) is 0 Å². The van der Waals surface area contributed by atoms with Crippen molar-refractivity contribution in [1.29, 1.82) is 0 Å². The second-order valence-electron chi connectivity index (χ2n) is 3.50. The lowest BCUT2D eigenvalue weighted by molar-refractivity contribution is 0.179. The second kappa shape index (κ2) is 5.17. The molecule has 0 aliphatic rings. The minimum atomic E-state index is -0.296. The fourth-order valence-electron chi connectivity index (χ4n) is 1.35. The molecule has 14 heavy (non-hydrogen) atoms. The van der Waals surface area contributed by atoms with E-state index < -0.39 is 0 Å². The highest BCUT2D eigenvalue weighted by Gasteiger charge is 2.05. The van der Waals surface area contributed by atoms with Crippen molar-refractivity contribution < 1.29 is 5.11 Å². The molecule has 0 aliphatic carbocycles. The van der Waals surface area contributed by atoms with Crippen LogP contribution in [0.3, 0.4) is 0 Å². The van der Waals surface area contributed by atoms with Crippen molar-refractivity contribution in [3.63, 3.8) is 0 Å². The van der Waals surface area contributed by atoms with Crippen LogP contribution in [0.15, 0.2) is 18.3 Å². The lowest BCUT2D eigenvalue weighted by Crippen LogP contribution is -2.20. The summed E-state index contributed by atoms with van der Waals surface area (Å²) < 4.78 is 0. The minimum absolute atomic E-state index is 0.216. The van der Waals surface area contributed by atoms with Gasteiger partial charge in [0, 0.05) is 17.9 Å². The van der Waals surface area contributed by atoms with Gasteiger partial charge in [0.1, 0.15) is 5.15 Å². The van der Waals surface area contributed by atoms with Crippen LogP contribution in [0.5, 0.6) is 0 Å². The lowest BCUT2D eigenvalue weighted by Gasteiger charge is -2.16. The zero-order chi connectivity index (χ0) is 10.6. The molecule has 0 saturated carbocycles. The standard InChI is InChI=1S/C10H15ClN2O/c1-7(5-8(2)14)13-9-3-4-12-10(11)6-9/h3-4,6-8,14H,5H2,1-2H3,(H,12,13). The molecule has 0 bridgehead atoms. The van der Waals surface area contributed by atoms with Gasteiger partial charge in [-0.1, -0.05) is 11.6 Å². The Morgan fingerprint density at radius 3 is 2.86 bits per heavy atom. The summed E-state index contributed by atoms with van der Waals surface area (Å²) in [5.74, 6) is 0. The molecule has 0 amide bonds. The molecule has 2 unspecified atom stereocenters. The maximum atomic E-state index is 9.18. The highest BCUT2D eigenvalue weighted by Crippen LogP contribution is 2.14. The van der Waals surface area contributed by atoms with Crippen molar-refractivity contribution in [3.8, 4) is 0 Å². The molecule has 0 saturated heterocycles. The summed E-state index contributed by atoms with van der Waals surface area (Å²) in [6.07, 6.45) is 2.06. The summed E-state index contributed by atoms with van der Waals surface area (Å²) in [6.45, 7) is 3.79. The Morgan fingerprint density at radius 2 is 2.29 bits per heavy atom. The van der Waals surface area contributed by atoms with Gasteiger partial charge in [-0.15, -0.1) is 0 Å². The topological polar surface area (TPSA) is 45.1 Å². The number of aliphatic hydroxyl groups excluding tert-OH is 1. The first-order chi connectivity index (χ1) is 6.58. The summed E-state index contributed by atoms with van der Waals surface area (Å²) in [4.78, 5) is 3.88. The summed E-state index contributed by atoms with van der Waals surface area (Å²) >= 11 is 5.73. The molecule has 2 atom stereocenters.